The average Bonchev–Trinajstić information content (AvgIpc) is 2.10. The third-order valence-electron chi connectivity index (χ3n) is 1.53. The molecule has 0 aromatic heterocycles. The van der Waals surface area contributed by atoms with Crippen molar-refractivity contribution in [2.24, 2.45) is 0 Å². The maximum Gasteiger partial charge on any atom is 0.326 e. The molecule has 0 bridgehead atoms. The quantitative estimate of drug-likeness (QED) is 0.619. The second kappa shape index (κ2) is 3.88. The highest BCUT2D eigenvalue weighted by atomic mass is 35.5. The Hall–Kier alpha value is -1.23. The van der Waals surface area contributed by atoms with Crippen molar-refractivity contribution in [3.8, 4) is 0 Å². The van der Waals surface area contributed by atoms with Crippen LogP contribution >= 0.6 is 11.6 Å². The van der Waals surface area contributed by atoms with Crippen molar-refractivity contribution in [2.75, 3.05) is 0 Å². The van der Waals surface area contributed by atoms with Crippen LogP contribution in [0, 0.1) is 17.5 Å². The Kier molecular flexibility index (Phi) is 3.00. The fourth-order valence-electron chi connectivity index (χ4n) is 0.865. The van der Waals surface area contributed by atoms with Gasteiger partial charge in [0.15, 0.2) is 17.0 Å². The van der Waals surface area contributed by atoms with Crippen LogP contribution in [-0.2, 0) is 4.79 Å². The molecular weight excluding hydrogens is 221 g/mol. The van der Waals surface area contributed by atoms with Crippen molar-refractivity contribution in [3.63, 3.8) is 0 Å². The molecule has 0 fully saturated rings. The third kappa shape index (κ3) is 1.98. The highest BCUT2D eigenvalue weighted by molar-refractivity contribution is 6.29. The summed E-state index contributed by atoms with van der Waals surface area (Å²) in [6, 6.07) is 0.680. The molecule has 0 heterocycles. The largest absolute Gasteiger partial charge is 0.480 e. The van der Waals surface area contributed by atoms with Crippen molar-refractivity contribution in [1.29, 1.82) is 0 Å². The summed E-state index contributed by atoms with van der Waals surface area (Å²) in [6.45, 7) is 0. The number of halogens is 4. The first-order valence-electron chi connectivity index (χ1n) is 3.44. The monoisotopic (exact) mass is 224 g/mol. The summed E-state index contributed by atoms with van der Waals surface area (Å²) >= 11 is 5.24. The van der Waals surface area contributed by atoms with Gasteiger partial charge in [0, 0.05) is 11.6 Å². The number of carbonyl (C=O) groups is 1. The zero-order chi connectivity index (χ0) is 10.9. The predicted molar refractivity (Wildman–Crippen MR) is 42.5 cm³/mol. The molecule has 0 aliphatic heterocycles. The lowest BCUT2D eigenvalue weighted by molar-refractivity contribution is -0.136. The van der Waals surface area contributed by atoms with E-state index in [0.29, 0.717) is 6.07 Å². The lowest BCUT2D eigenvalue weighted by Crippen LogP contribution is -2.08. The van der Waals surface area contributed by atoms with Gasteiger partial charge in [-0.05, 0) is 6.07 Å². The topological polar surface area (TPSA) is 37.3 Å². The van der Waals surface area contributed by atoms with Crippen LogP contribution in [0.15, 0.2) is 12.1 Å². The summed E-state index contributed by atoms with van der Waals surface area (Å²) in [4.78, 5) is 10.3. The molecule has 1 atom stereocenters. The molecule has 0 saturated heterocycles. The molecule has 1 aromatic carbocycles. The molecule has 1 rings (SSSR count). The Morgan fingerprint density at radius 2 is 1.71 bits per heavy atom. The van der Waals surface area contributed by atoms with E-state index >= 15 is 0 Å². The first-order valence-corrected chi connectivity index (χ1v) is 3.88. The number of hydrogen-bond acceptors (Lipinski definition) is 1. The minimum absolute atomic E-state index is 0.253. The molecule has 1 aromatic rings. The number of carboxylic acid groups (broad SMARTS) is 1. The maximum absolute atomic E-state index is 12.9. The van der Waals surface area contributed by atoms with E-state index in [-0.39, 0.29) is 6.07 Å². The number of aliphatic carboxylic acids is 1. The van der Waals surface area contributed by atoms with Gasteiger partial charge in [0.05, 0.1) is 0 Å². The van der Waals surface area contributed by atoms with Gasteiger partial charge in [0.2, 0.25) is 0 Å². The van der Waals surface area contributed by atoms with Crippen LogP contribution in [0.25, 0.3) is 0 Å². The van der Waals surface area contributed by atoms with E-state index in [9.17, 15) is 18.0 Å². The molecule has 0 aliphatic carbocycles. The van der Waals surface area contributed by atoms with Gasteiger partial charge in [-0.1, -0.05) is 0 Å². The zero-order valence-corrected chi connectivity index (χ0v) is 7.36. The molecule has 14 heavy (non-hydrogen) atoms. The number of hydrogen-bond donors (Lipinski definition) is 1. The Bertz CT molecular complexity index is 381. The van der Waals surface area contributed by atoms with Crippen LogP contribution in [0.3, 0.4) is 0 Å². The fourth-order valence-corrected chi connectivity index (χ4v) is 1.03. The van der Waals surface area contributed by atoms with E-state index in [1.54, 1.807) is 0 Å². The van der Waals surface area contributed by atoms with Crippen molar-refractivity contribution >= 4 is 17.6 Å². The second-order valence-electron chi connectivity index (χ2n) is 2.49. The third-order valence-corrected chi connectivity index (χ3v) is 1.95. The lowest BCUT2D eigenvalue weighted by atomic mass is 10.1. The van der Waals surface area contributed by atoms with E-state index in [0.717, 1.165) is 0 Å². The van der Waals surface area contributed by atoms with Gasteiger partial charge in [-0.3, -0.25) is 4.79 Å². The summed E-state index contributed by atoms with van der Waals surface area (Å²) in [5.74, 6) is -5.45. The van der Waals surface area contributed by atoms with Gasteiger partial charge < -0.3 is 5.11 Å². The molecule has 6 heteroatoms. The molecule has 2 nitrogen and oxygen atoms in total. The Morgan fingerprint density at radius 1 is 1.21 bits per heavy atom. The van der Waals surface area contributed by atoms with E-state index in [4.69, 9.17) is 16.7 Å². The van der Waals surface area contributed by atoms with Crippen molar-refractivity contribution in [1.82, 2.24) is 0 Å². The molecule has 0 spiro atoms. The van der Waals surface area contributed by atoms with Crippen LogP contribution in [0.1, 0.15) is 10.9 Å². The van der Waals surface area contributed by atoms with Gasteiger partial charge in [0.1, 0.15) is 5.82 Å². The Labute approximate surface area is 81.9 Å². The van der Waals surface area contributed by atoms with Gasteiger partial charge >= 0.3 is 5.97 Å². The molecule has 1 N–H and O–H groups in total. The van der Waals surface area contributed by atoms with Gasteiger partial charge in [-0.25, -0.2) is 13.2 Å². The van der Waals surface area contributed by atoms with Crippen LogP contribution in [-0.4, -0.2) is 11.1 Å². The maximum atomic E-state index is 12.9. The number of rotatable bonds is 2. The highest BCUT2D eigenvalue weighted by Crippen LogP contribution is 2.25. The van der Waals surface area contributed by atoms with Gasteiger partial charge in [0.25, 0.3) is 0 Å². The minimum Gasteiger partial charge on any atom is -0.480 e. The first kappa shape index (κ1) is 10.8. The van der Waals surface area contributed by atoms with E-state index in [2.05, 4.69) is 0 Å². The van der Waals surface area contributed by atoms with Crippen molar-refractivity contribution < 1.29 is 23.1 Å². The summed E-state index contributed by atoms with van der Waals surface area (Å²) in [5.41, 5.74) is -0.599. The standard InChI is InChI=1S/C8H4ClF3O2/c9-7(8(13)14)3-1-5(11)6(12)2-4(3)10/h1-2,7H,(H,13,14). The Balaban J connectivity index is 3.22. The normalized spacial score (nSPS) is 12.6. The van der Waals surface area contributed by atoms with Crippen molar-refractivity contribution in [3.05, 3.63) is 35.1 Å². The number of benzene rings is 1. The van der Waals surface area contributed by atoms with Crippen LogP contribution in [0.5, 0.6) is 0 Å². The summed E-state index contributed by atoms with van der Waals surface area (Å²) in [6.07, 6.45) is 0. The highest BCUT2D eigenvalue weighted by Gasteiger charge is 2.22. The van der Waals surface area contributed by atoms with Crippen molar-refractivity contribution in [2.45, 2.75) is 5.38 Å². The Morgan fingerprint density at radius 3 is 2.21 bits per heavy atom. The summed E-state index contributed by atoms with van der Waals surface area (Å²) in [7, 11) is 0. The van der Waals surface area contributed by atoms with Crippen LogP contribution < -0.4 is 0 Å². The molecule has 1 unspecified atom stereocenters. The summed E-state index contributed by atoms with van der Waals surface area (Å²) < 4.78 is 37.9. The smallest absolute Gasteiger partial charge is 0.326 e. The minimum atomic E-state index is -1.73. The number of alkyl halides is 1. The first-order chi connectivity index (χ1) is 6.43. The molecule has 0 radical (unpaired) electrons. The predicted octanol–water partition coefficient (Wildman–Crippen LogP) is 2.47. The van der Waals surface area contributed by atoms with E-state index < -0.39 is 34.4 Å². The lowest BCUT2D eigenvalue weighted by Gasteiger charge is -2.06. The number of carboxylic acids is 1. The molecule has 76 valence electrons. The molecule has 0 aliphatic rings. The molecule has 0 saturated carbocycles. The van der Waals surface area contributed by atoms with E-state index in [1.165, 1.54) is 0 Å². The van der Waals surface area contributed by atoms with E-state index in [1.807, 2.05) is 0 Å². The fraction of sp³-hybridized carbons (Fsp3) is 0.125. The molecule has 0 amide bonds. The SMILES string of the molecule is O=C(O)C(Cl)c1cc(F)c(F)cc1F. The van der Waals surface area contributed by atoms with Crippen LogP contribution in [0.2, 0.25) is 0 Å². The molecular formula is C8H4ClF3O2. The van der Waals surface area contributed by atoms with Crippen LogP contribution in [0.4, 0.5) is 13.2 Å². The summed E-state index contributed by atoms with van der Waals surface area (Å²) in [5, 5.41) is 6.67. The average molecular weight is 225 g/mol. The zero-order valence-electron chi connectivity index (χ0n) is 6.60. The van der Waals surface area contributed by atoms with Gasteiger partial charge in [-0.2, -0.15) is 0 Å². The van der Waals surface area contributed by atoms with Gasteiger partial charge in [-0.15, -0.1) is 11.6 Å². The second-order valence-corrected chi connectivity index (χ2v) is 2.93.